The number of nitrogens with zero attached hydrogens (tertiary/aromatic N) is 5. The second-order valence-electron chi connectivity index (χ2n) is 7.81. The van der Waals surface area contributed by atoms with E-state index < -0.39 is 11.2 Å². The molecule has 0 radical (unpaired) electrons. The van der Waals surface area contributed by atoms with E-state index in [-0.39, 0.29) is 11.3 Å². The van der Waals surface area contributed by atoms with Crippen molar-refractivity contribution in [3.05, 3.63) is 20.8 Å². The monoisotopic (exact) mass is 374 g/mol. The number of likely N-dealkylation sites (tertiary alicyclic amines) is 1. The van der Waals surface area contributed by atoms with Crippen LogP contribution in [0.1, 0.15) is 32.6 Å². The standard InChI is InChI=1S/C18H26N6O3/c1-4-8-23-9-5-6-18(15(23)26)7-10-24(11-18)16-19-13-12(21(16)2)14(25)20-17(27)22(13)3/h4-11H2,1-3H3,(H,20,25,27)/t18-/m0/s1. The van der Waals surface area contributed by atoms with E-state index in [1.54, 1.807) is 18.7 Å². The zero-order chi connectivity index (χ0) is 19.3. The molecule has 1 spiro atoms. The Morgan fingerprint density at radius 2 is 1.89 bits per heavy atom. The summed E-state index contributed by atoms with van der Waals surface area (Å²) in [5, 5.41) is 0. The predicted molar refractivity (Wildman–Crippen MR) is 102 cm³/mol. The summed E-state index contributed by atoms with van der Waals surface area (Å²) in [5.41, 5.74) is -0.539. The highest BCUT2D eigenvalue weighted by Crippen LogP contribution is 2.41. The molecule has 2 aliphatic heterocycles. The van der Waals surface area contributed by atoms with Crippen LogP contribution in [0.2, 0.25) is 0 Å². The molecule has 2 saturated heterocycles. The van der Waals surface area contributed by atoms with Crippen LogP contribution in [0.25, 0.3) is 11.2 Å². The maximum atomic E-state index is 13.1. The molecule has 0 aliphatic carbocycles. The van der Waals surface area contributed by atoms with Gasteiger partial charge in [-0.1, -0.05) is 6.92 Å². The third kappa shape index (κ3) is 2.59. The smallest absolute Gasteiger partial charge is 0.329 e. The minimum atomic E-state index is -0.479. The average molecular weight is 374 g/mol. The number of aromatic nitrogens is 4. The number of fused-ring (bicyclic) bond motifs is 1. The van der Waals surface area contributed by atoms with Crippen LogP contribution in [0.3, 0.4) is 0 Å². The number of hydrogen-bond donors (Lipinski definition) is 1. The Morgan fingerprint density at radius 1 is 1.11 bits per heavy atom. The van der Waals surface area contributed by atoms with Gasteiger partial charge in [-0.3, -0.25) is 19.1 Å². The lowest BCUT2D eigenvalue weighted by molar-refractivity contribution is -0.145. The highest BCUT2D eigenvalue weighted by Gasteiger charge is 2.49. The van der Waals surface area contributed by atoms with Gasteiger partial charge < -0.3 is 14.4 Å². The van der Waals surface area contributed by atoms with Gasteiger partial charge in [0.05, 0.1) is 5.41 Å². The number of carbonyl (C=O) groups is 1. The van der Waals surface area contributed by atoms with Gasteiger partial charge in [-0.25, -0.2) is 4.79 Å². The molecule has 4 heterocycles. The second-order valence-corrected chi connectivity index (χ2v) is 7.81. The summed E-state index contributed by atoms with van der Waals surface area (Å²) in [6.45, 7) is 5.07. The summed E-state index contributed by atoms with van der Waals surface area (Å²) in [6, 6.07) is 0. The van der Waals surface area contributed by atoms with Gasteiger partial charge in [-0.15, -0.1) is 0 Å². The third-order valence-corrected chi connectivity index (χ3v) is 6.07. The van der Waals surface area contributed by atoms with Gasteiger partial charge in [0.25, 0.3) is 5.56 Å². The molecule has 2 aliphatic rings. The lowest BCUT2D eigenvalue weighted by Crippen LogP contribution is -2.50. The number of carbonyl (C=O) groups excluding carboxylic acids is 1. The van der Waals surface area contributed by atoms with E-state index in [0.717, 1.165) is 38.8 Å². The van der Waals surface area contributed by atoms with Crippen molar-refractivity contribution in [3.63, 3.8) is 0 Å². The number of nitrogens with one attached hydrogen (secondary N) is 1. The topological polar surface area (TPSA) is 96.2 Å². The zero-order valence-electron chi connectivity index (χ0n) is 16.1. The Morgan fingerprint density at radius 3 is 2.63 bits per heavy atom. The average Bonchev–Trinajstić information content (AvgIpc) is 3.20. The Balaban J connectivity index is 1.70. The molecule has 0 unspecified atom stereocenters. The minimum absolute atomic E-state index is 0.252. The van der Waals surface area contributed by atoms with E-state index in [1.807, 2.05) is 4.90 Å². The van der Waals surface area contributed by atoms with Crippen LogP contribution in [-0.4, -0.2) is 56.1 Å². The van der Waals surface area contributed by atoms with Crippen molar-refractivity contribution in [3.8, 4) is 0 Å². The molecule has 0 saturated carbocycles. The summed E-state index contributed by atoms with van der Waals surface area (Å²) in [7, 11) is 3.37. The fourth-order valence-corrected chi connectivity index (χ4v) is 4.64. The second kappa shape index (κ2) is 6.24. The number of aromatic amines is 1. The Labute approximate surface area is 156 Å². The molecule has 9 heteroatoms. The molecule has 1 atom stereocenters. The summed E-state index contributed by atoms with van der Waals surface area (Å²) in [5.74, 6) is 0.885. The van der Waals surface area contributed by atoms with Crippen molar-refractivity contribution >= 4 is 23.0 Å². The lowest BCUT2D eigenvalue weighted by atomic mass is 9.78. The molecule has 4 rings (SSSR count). The number of rotatable bonds is 3. The van der Waals surface area contributed by atoms with Gasteiger partial charge in [0.1, 0.15) is 0 Å². The first-order valence-corrected chi connectivity index (χ1v) is 9.58. The summed E-state index contributed by atoms with van der Waals surface area (Å²) in [6.07, 6.45) is 3.68. The molecule has 2 fully saturated rings. The van der Waals surface area contributed by atoms with Crippen LogP contribution in [0, 0.1) is 5.41 Å². The van der Waals surface area contributed by atoms with Gasteiger partial charge in [0.15, 0.2) is 11.2 Å². The minimum Gasteiger partial charge on any atom is -0.342 e. The Bertz CT molecular complexity index is 1020. The number of aryl methyl sites for hydroxylation is 2. The van der Waals surface area contributed by atoms with Gasteiger partial charge in [0, 0.05) is 40.3 Å². The number of hydrogen-bond acceptors (Lipinski definition) is 5. The van der Waals surface area contributed by atoms with Gasteiger partial charge in [-0.2, -0.15) is 4.98 Å². The molecule has 1 amide bonds. The van der Waals surface area contributed by atoms with E-state index in [9.17, 15) is 14.4 Å². The van der Waals surface area contributed by atoms with Crippen molar-refractivity contribution in [2.45, 2.75) is 32.6 Å². The van der Waals surface area contributed by atoms with Crippen LogP contribution in [-0.2, 0) is 18.9 Å². The highest BCUT2D eigenvalue weighted by molar-refractivity contribution is 5.85. The maximum absolute atomic E-state index is 13.1. The maximum Gasteiger partial charge on any atom is 0.329 e. The van der Waals surface area contributed by atoms with Gasteiger partial charge in [0.2, 0.25) is 11.9 Å². The number of H-pyrrole nitrogens is 1. The van der Waals surface area contributed by atoms with Crippen molar-refractivity contribution in [1.29, 1.82) is 0 Å². The lowest BCUT2D eigenvalue weighted by Gasteiger charge is -2.39. The molecular weight excluding hydrogens is 348 g/mol. The fourth-order valence-electron chi connectivity index (χ4n) is 4.64. The molecule has 2 aromatic rings. The molecule has 0 bridgehead atoms. The molecule has 1 N–H and O–H groups in total. The highest BCUT2D eigenvalue weighted by atomic mass is 16.2. The zero-order valence-corrected chi connectivity index (χ0v) is 16.1. The summed E-state index contributed by atoms with van der Waals surface area (Å²) >= 11 is 0. The van der Waals surface area contributed by atoms with Crippen LogP contribution in [0.4, 0.5) is 5.95 Å². The van der Waals surface area contributed by atoms with Crippen LogP contribution >= 0.6 is 0 Å². The molecule has 27 heavy (non-hydrogen) atoms. The largest absolute Gasteiger partial charge is 0.342 e. The summed E-state index contributed by atoms with van der Waals surface area (Å²) in [4.78, 5) is 48.2. The number of anilines is 1. The molecule has 2 aromatic heterocycles. The van der Waals surface area contributed by atoms with Crippen LogP contribution < -0.4 is 16.1 Å². The van der Waals surface area contributed by atoms with Crippen molar-refractivity contribution in [1.82, 2.24) is 24.0 Å². The number of piperidine rings is 1. The van der Waals surface area contributed by atoms with Crippen LogP contribution in [0.15, 0.2) is 9.59 Å². The van der Waals surface area contributed by atoms with Crippen molar-refractivity contribution in [2.24, 2.45) is 19.5 Å². The molecular formula is C18H26N6O3. The predicted octanol–water partition coefficient (Wildman–Crippen LogP) is 0.189. The van der Waals surface area contributed by atoms with Crippen molar-refractivity contribution < 1.29 is 4.79 Å². The molecule has 146 valence electrons. The van der Waals surface area contributed by atoms with Gasteiger partial charge in [-0.05, 0) is 25.7 Å². The Kier molecular flexibility index (Phi) is 4.12. The van der Waals surface area contributed by atoms with Gasteiger partial charge >= 0.3 is 5.69 Å². The first-order valence-electron chi connectivity index (χ1n) is 9.58. The van der Waals surface area contributed by atoms with E-state index in [4.69, 9.17) is 0 Å². The van der Waals surface area contributed by atoms with Crippen LogP contribution in [0.5, 0.6) is 0 Å². The first kappa shape index (κ1) is 17.8. The summed E-state index contributed by atoms with van der Waals surface area (Å²) < 4.78 is 3.07. The molecule has 9 nitrogen and oxygen atoms in total. The first-order chi connectivity index (χ1) is 12.9. The number of amides is 1. The quantitative estimate of drug-likeness (QED) is 0.827. The fraction of sp³-hybridized carbons (Fsp3) is 0.667. The van der Waals surface area contributed by atoms with Crippen molar-refractivity contribution in [2.75, 3.05) is 31.1 Å². The number of imidazole rings is 1. The van der Waals surface area contributed by atoms with E-state index in [1.165, 1.54) is 4.57 Å². The Hall–Kier alpha value is -2.58. The van der Waals surface area contributed by atoms with E-state index >= 15 is 0 Å². The molecule has 0 aromatic carbocycles. The third-order valence-electron chi connectivity index (χ3n) is 6.07. The van der Waals surface area contributed by atoms with E-state index in [2.05, 4.69) is 21.8 Å². The SMILES string of the molecule is CCCN1CCC[C@@]2(CCN(c3nc4c(c(=O)[nH]c(=O)n4C)n3C)C2)C1=O. The van der Waals surface area contributed by atoms with E-state index in [0.29, 0.717) is 30.2 Å². The normalized spacial score (nSPS) is 23.1.